The van der Waals surface area contributed by atoms with Crippen molar-refractivity contribution in [1.29, 1.82) is 0 Å². The Balaban J connectivity index is 1.52. The smallest absolute Gasteiger partial charge is 0.199 e. The third kappa shape index (κ3) is 3.90. The molecule has 2 aromatic heterocycles. The van der Waals surface area contributed by atoms with Gasteiger partial charge in [0.1, 0.15) is 5.76 Å². The van der Waals surface area contributed by atoms with Gasteiger partial charge >= 0.3 is 0 Å². The molecule has 172 valence electrons. The lowest BCUT2D eigenvalue weighted by Gasteiger charge is -2.51. The molecule has 2 aromatic carbocycles. The molecule has 0 amide bonds. The van der Waals surface area contributed by atoms with Gasteiger partial charge < -0.3 is 20.0 Å². The minimum Gasteiger partial charge on any atom is -0.446 e. The van der Waals surface area contributed by atoms with Crippen LogP contribution < -0.4 is 5.73 Å². The van der Waals surface area contributed by atoms with Gasteiger partial charge in [0.25, 0.3) is 0 Å². The number of aryl methyl sites for hydroxylation is 1. The maximum absolute atomic E-state index is 6.99. The summed E-state index contributed by atoms with van der Waals surface area (Å²) in [5.74, 6) is 1.81. The third-order valence-corrected chi connectivity index (χ3v) is 7.93. The molecule has 5 heteroatoms. The van der Waals surface area contributed by atoms with Gasteiger partial charge in [0.05, 0.1) is 12.1 Å². The minimum atomic E-state index is -0.293. The van der Waals surface area contributed by atoms with Crippen LogP contribution >= 0.6 is 0 Å². The van der Waals surface area contributed by atoms with Crippen LogP contribution in [0.1, 0.15) is 54.4 Å². The van der Waals surface area contributed by atoms with E-state index in [-0.39, 0.29) is 17.0 Å². The Hall–Kier alpha value is -2.89. The molecule has 1 atom stereocenters. The molecule has 2 heterocycles. The van der Waals surface area contributed by atoms with Gasteiger partial charge in [0.2, 0.25) is 0 Å². The summed E-state index contributed by atoms with van der Waals surface area (Å²) in [7, 11) is 4.40. The second-order valence-corrected chi connectivity index (χ2v) is 9.95. The molecular weight excluding hydrogens is 408 g/mol. The van der Waals surface area contributed by atoms with Crippen LogP contribution in [0.4, 0.5) is 0 Å². The Morgan fingerprint density at radius 1 is 1.03 bits per heavy atom. The summed E-state index contributed by atoms with van der Waals surface area (Å²) in [4.78, 5) is 10.6. The van der Waals surface area contributed by atoms with Gasteiger partial charge in [-0.2, -0.15) is 0 Å². The molecule has 1 saturated carbocycles. The van der Waals surface area contributed by atoms with Crippen LogP contribution in [0.15, 0.2) is 71.4 Å². The number of aromatic nitrogens is 2. The Labute approximate surface area is 196 Å². The zero-order valence-electron chi connectivity index (χ0n) is 19.8. The zero-order valence-corrected chi connectivity index (χ0v) is 19.8. The van der Waals surface area contributed by atoms with E-state index in [1.54, 1.807) is 0 Å². The van der Waals surface area contributed by atoms with Crippen LogP contribution in [0.25, 0.3) is 10.9 Å². The maximum Gasteiger partial charge on any atom is 0.199 e. The molecule has 1 aliphatic carbocycles. The van der Waals surface area contributed by atoms with Crippen LogP contribution in [0.5, 0.6) is 0 Å². The third-order valence-electron chi connectivity index (χ3n) is 7.93. The average Bonchev–Trinajstić information content (AvgIpc) is 3.45. The highest BCUT2D eigenvalue weighted by Crippen LogP contribution is 2.49. The van der Waals surface area contributed by atoms with Crippen molar-refractivity contribution in [3.63, 3.8) is 0 Å². The van der Waals surface area contributed by atoms with E-state index >= 15 is 0 Å². The number of rotatable bonds is 6. The number of H-pyrrole nitrogens is 1. The van der Waals surface area contributed by atoms with E-state index in [2.05, 4.69) is 84.8 Å². The summed E-state index contributed by atoms with van der Waals surface area (Å²) in [5.41, 5.74) is 10.3. The number of nitrogens with zero attached hydrogens (tertiary/aromatic N) is 2. The highest BCUT2D eigenvalue weighted by atomic mass is 16.4. The van der Waals surface area contributed by atoms with Gasteiger partial charge in [-0.1, -0.05) is 48.5 Å². The zero-order chi connectivity index (χ0) is 23.1. The molecule has 0 radical (unpaired) electrons. The second-order valence-electron chi connectivity index (χ2n) is 9.95. The van der Waals surface area contributed by atoms with Crippen molar-refractivity contribution >= 4 is 10.9 Å². The van der Waals surface area contributed by atoms with Gasteiger partial charge in [0, 0.05) is 28.2 Å². The highest BCUT2D eigenvalue weighted by Gasteiger charge is 2.49. The fourth-order valence-electron chi connectivity index (χ4n) is 5.86. The quantitative estimate of drug-likeness (QED) is 0.412. The number of para-hydroxylation sites is 1. The predicted octanol–water partition coefficient (Wildman–Crippen LogP) is 5.52. The second kappa shape index (κ2) is 8.47. The molecule has 3 N–H and O–H groups in total. The number of nitrogens with two attached hydrogens (primary N) is 1. The Bertz CT molecular complexity index is 1210. The summed E-state index contributed by atoms with van der Waals surface area (Å²) < 4.78 is 6.19. The van der Waals surface area contributed by atoms with Crippen molar-refractivity contribution in [2.45, 2.75) is 56.0 Å². The lowest BCUT2D eigenvalue weighted by molar-refractivity contribution is 0.0342. The number of likely N-dealkylation sites (N-methyl/N-ethyl adjacent to an activating group) is 1. The molecule has 4 aromatic rings. The molecule has 33 heavy (non-hydrogen) atoms. The maximum atomic E-state index is 6.99. The summed E-state index contributed by atoms with van der Waals surface area (Å²) in [5, 5.41) is 1.27. The lowest BCUT2D eigenvalue weighted by atomic mass is 9.63. The molecule has 1 aliphatic rings. The van der Waals surface area contributed by atoms with E-state index in [9.17, 15) is 0 Å². The predicted molar refractivity (Wildman–Crippen MR) is 133 cm³/mol. The molecular formula is C28H34N4O. The van der Waals surface area contributed by atoms with Gasteiger partial charge in [-0.3, -0.25) is 0 Å². The number of fused-ring (bicyclic) bond motifs is 1. The molecule has 0 saturated heterocycles. The highest BCUT2D eigenvalue weighted by molar-refractivity contribution is 5.83. The molecule has 0 bridgehead atoms. The first-order chi connectivity index (χ1) is 15.9. The topological polar surface area (TPSA) is 71.1 Å². The van der Waals surface area contributed by atoms with E-state index in [1.165, 1.54) is 22.0 Å². The van der Waals surface area contributed by atoms with Crippen molar-refractivity contribution in [1.82, 2.24) is 14.9 Å². The lowest BCUT2D eigenvalue weighted by Crippen LogP contribution is -2.56. The fourth-order valence-corrected chi connectivity index (χ4v) is 5.86. The largest absolute Gasteiger partial charge is 0.446 e. The van der Waals surface area contributed by atoms with E-state index in [1.807, 2.05) is 13.1 Å². The number of hydrogen-bond acceptors (Lipinski definition) is 4. The van der Waals surface area contributed by atoms with Crippen LogP contribution in [0, 0.1) is 6.92 Å². The number of oxazole rings is 1. The van der Waals surface area contributed by atoms with Gasteiger partial charge in [-0.15, -0.1) is 0 Å². The first-order valence-corrected chi connectivity index (χ1v) is 11.9. The molecule has 0 spiro atoms. The van der Waals surface area contributed by atoms with E-state index < -0.39 is 0 Å². The van der Waals surface area contributed by atoms with E-state index in [0.717, 1.165) is 43.8 Å². The van der Waals surface area contributed by atoms with Crippen molar-refractivity contribution in [2.24, 2.45) is 5.73 Å². The molecule has 0 aliphatic heterocycles. The van der Waals surface area contributed by atoms with Gasteiger partial charge in [-0.05, 0) is 70.3 Å². The normalized spacial score (nSPS) is 24.4. The monoisotopic (exact) mass is 442 g/mol. The van der Waals surface area contributed by atoms with Crippen molar-refractivity contribution in [3.8, 4) is 0 Å². The van der Waals surface area contributed by atoms with Crippen LogP contribution in [0.2, 0.25) is 0 Å². The van der Waals surface area contributed by atoms with Crippen LogP contribution in [0.3, 0.4) is 0 Å². The van der Waals surface area contributed by atoms with E-state index in [4.69, 9.17) is 15.1 Å². The first-order valence-electron chi connectivity index (χ1n) is 11.9. The fraction of sp³-hybridized carbons (Fsp3) is 0.393. The summed E-state index contributed by atoms with van der Waals surface area (Å²) in [6.07, 6.45) is 8.70. The first kappa shape index (κ1) is 21.9. The minimum absolute atomic E-state index is 0.0900. The SMILES string of the molecule is Cc1cnc(C(Cc2c[nH]c3ccccc23)C2(N(C)C)CCC(N)(c3ccccc3)CC2)o1. The van der Waals surface area contributed by atoms with Crippen molar-refractivity contribution in [3.05, 3.63) is 89.8 Å². The molecule has 1 unspecified atom stereocenters. The van der Waals surface area contributed by atoms with Gasteiger partial charge in [-0.25, -0.2) is 4.98 Å². The van der Waals surface area contributed by atoms with Crippen LogP contribution in [-0.2, 0) is 12.0 Å². The Morgan fingerprint density at radius 3 is 2.39 bits per heavy atom. The summed E-state index contributed by atoms with van der Waals surface area (Å²) in [6.45, 7) is 1.97. The number of hydrogen-bond donors (Lipinski definition) is 2. The van der Waals surface area contributed by atoms with Crippen LogP contribution in [-0.4, -0.2) is 34.5 Å². The molecule has 1 fully saturated rings. The Kier molecular flexibility index (Phi) is 5.63. The standard InChI is InChI=1S/C28H34N4O/c1-20-18-31-26(33-20)24(17-21-19-30-25-12-8-7-11-23(21)25)28(32(2)3)15-13-27(29,14-16-28)22-9-5-4-6-10-22/h4-12,18-19,24,30H,13-17,29H2,1-3H3. The number of nitrogens with one attached hydrogen (secondary N) is 1. The van der Waals surface area contributed by atoms with Gasteiger partial charge in [0.15, 0.2) is 5.89 Å². The summed E-state index contributed by atoms with van der Waals surface area (Å²) >= 11 is 0. The van der Waals surface area contributed by atoms with Crippen molar-refractivity contribution < 1.29 is 4.42 Å². The van der Waals surface area contributed by atoms with E-state index in [0.29, 0.717) is 0 Å². The number of aromatic amines is 1. The molecule has 5 rings (SSSR count). The average molecular weight is 443 g/mol. The molecule has 5 nitrogen and oxygen atoms in total. The summed E-state index contributed by atoms with van der Waals surface area (Å²) in [6, 6.07) is 19.1. The Morgan fingerprint density at radius 2 is 1.73 bits per heavy atom. The number of benzene rings is 2. The van der Waals surface area contributed by atoms with Crippen molar-refractivity contribution in [2.75, 3.05) is 14.1 Å².